The molecule has 6 nitrogen and oxygen atoms in total. The Morgan fingerprint density at radius 3 is 2.79 bits per heavy atom. The summed E-state index contributed by atoms with van der Waals surface area (Å²) in [5.41, 5.74) is 0.337. The van der Waals surface area contributed by atoms with Crippen molar-refractivity contribution < 1.29 is 10.0 Å². The molecule has 0 saturated heterocycles. The minimum atomic E-state index is -0.458. The molecule has 0 atom stereocenters. The van der Waals surface area contributed by atoms with E-state index in [4.69, 9.17) is 5.11 Å². The molecule has 0 amide bonds. The molecule has 2 N–H and O–H groups in total. The van der Waals surface area contributed by atoms with Gasteiger partial charge in [-0.25, -0.2) is 0 Å². The number of nitrogens with zero attached hydrogens (tertiary/aromatic N) is 2. The predicted molar refractivity (Wildman–Crippen MR) is 77.2 cm³/mol. The number of aromatic nitrogens is 1. The van der Waals surface area contributed by atoms with E-state index in [1.165, 1.54) is 12.4 Å². The first-order valence-corrected chi connectivity index (χ1v) is 6.79. The number of aliphatic hydroxyl groups is 1. The van der Waals surface area contributed by atoms with Gasteiger partial charge in [-0.15, -0.1) is 0 Å². The molecule has 0 saturated carbocycles. The number of aliphatic hydroxyl groups excluding tert-OH is 1. The topological polar surface area (TPSA) is 88.3 Å². The molecule has 1 rings (SSSR count). The maximum atomic E-state index is 10.9. The fourth-order valence-electron chi connectivity index (χ4n) is 1.71. The van der Waals surface area contributed by atoms with Gasteiger partial charge in [0.25, 0.3) is 0 Å². The predicted octanol–water partition coefficient (Wildman–Crippen LogP) is 2.96. The van der Waals surface area contributed by atoms with Gasteiger partial charge in [0.1, 0.15) is 11.9 Å². The van der Waals surface area contributed by atoms with Crippen molar-refractivity contribution in [2.45, 2.75) is 26.7 Å². The molecule has 0 radical (unpaired) electrons. The molecular weight excluding hydrogens is 314 g/mol. The van der Waals surface area contributed by atoms with Crippen LogP contribution in [-0.4, -0.2) is 28.2 Å². The highest BCUT2D eigenvalue weighted by atomic mass is 79.9. The van der Waals surface area contributed by atoms with E-state index >= 15 is 0 Å². The average molecular weight is 332 g/mol. The molecule has 0 aliphatic rings. The summed E-state index contributed by atoms with van der Waals surface area (Å²) < 4.78 is 0.569. The smallest absolute Gasteiger partial charge is 0.311 e. The molecule has 1 aromatic rings. The van der Waals surface area contributed by atoms with E-state index in [1.807, 2.05) is 0 Å². The van der Waals surface area contributed by atoms with E-state index in [0.29, 0.717) is 23.1 Å². The zero-order valence-corrected chi connectivity index (χ0v) is 12.6. The van der Waals surface area contributed by atoms with Crippen LogP contribution in [0.3, 0.4) is 0 Å². The van der Waals surface area contributed by atoms with Crippen LogP contribution in [0.2, 0.25) is 0 Å². The number of anilines is 1. The molecule has 19 heavy (non-hydrogen) atoms. The maximum Gasteiger partial charge on any atom is 0.311 e. The monoisotopic (exact) mass is 331 g/mol. The lowest BCUT2D eigenvalue weighted by Gasteiger charge is -2.25. The standard InChI is InChI=1S/C12H18BrN3O3/c1-12(2,4-3-5-17)8-15-11-9(13)6-14-7-10(11)16(18)19/h6-7,17H,3-5,8H2,1-2H3,(H,14,15). The number of pyridine rings is 1. The Kier molecular flexibility index (Phi) is 5.68. The van der Waals surface area contributed by atoms with Gasteiger partial charge in [-0.2, -0.15) is 0 Å². The fourth-order valence-corrected chi connectivity index (χ4v) is 2.17. The van der Waals surface area contributed by atoms with Crippen LogP contribution in [0, 0.1) is 15.5 Å². The number of hydrogen-bond acceptors (Lipinski definition) is 5. The van der Waals surface area contributed by atoms with Crippen LogP contribution < -0.4 is 5.32 Å². The van der Waals surface area contributed by atoms with Crippen LogP contribution >= 0.6 is 15.9 Å². The Balaban J connectivity index is 2.80. The molecule has 0 aliphatic heterocycles. The average Bonchev–Trinajstić information content (AvgIpc) is 2.34. The summed E-state index contributed by atoms with van der Waals surface area (Å²) in [4.78, 5) is 14.3. The second-order valence-corrected chi connectivity index (χ2v) is 5.97. The van der Waals surface area contributed by atoms with Crippen molar-refractivity contribution in [2.75, 3.05) is 18.5 Å². The third-order valence-electron chi connectivity index (χ3n) is 2.83. The van der Waals surface area contributed by atoms with Crippen molar-refractivity contribution >= 4 is 27.3 Å². The number of nitro groups is 1. The van der Waals surface area contributed by atoms with Gasteiger partial charge in [0.2, 0.25) is 0 Å². The summed E-state index contributed by atoms with van der Waals surface area (Å²) >= 11 is 3.27. The van der Waals surface area contributed by atoms with Gasteiger partial charge in [0.15, 0.2) is 0 Å². The molecule has 106 valence electrons. The third kappa shape index (κ3) is 4.76. The highest BCUT2D eigenvalue weighted by Crippen LogP contribution is 2.32. The quantitative estimate of drug-likeness (QED) is 0.592. The first kappa shape index (κ1) is 15.8. The largest absolute Gasteiger partial charge is 0.396 e. The Labute approximate surface area is 120 Å². The molecule has 1 aromatic heterocycles. The summed E-state index contributed by atoms with van der Waals surface area (Å²) in [6, 6.07) is 0. The molecule has 0 unspecified atom stereocenters. The van der Waals surface area contributed by atoms with Crippen molar-refractivity contribution in [3.63, 3.8) is 0 Å². The summed E-state index contributed by atoms with van der Waals surface area (Å²) in [5.74, 6) is 0. The Morgan fingerprint density at radius 2 is 2.21 bits per heavy atom. The van der Waals surface area contributed by atoms with Crippen LogP contribution in [0.4, 0.5) is 11.4 Å². The molecule has 0 spiro atoms. The van der Waals surface area contributed by atoms with Crippen LogP contribution in [0.25, 0.3) is 0 Å². The first-order valence-electron chi connectivity index (χ1n) is 6.00. The van der Waals surface area contributed by atoms with Crippen molar-refractivity contribution in [1.29, 1.82) is 0 Å². The second kappa shape index (κ2) is 6.81. The number of hydrogen-bond donors (Lipinski definition) is 2. The van der Waals surface area contributed by atoms with E-state index in [9.17, 15) is 10.1 Å². The minimum Gasteiger partial charge on any atom is -0.396 e. The SMILES string of the molecule is CC(C)(CCCO)CNc1c(Br)cncc1[N+](=O)[O-]. The van der Waals surface area contributed by atoms with Crippen LogP contribution in [0.15, 0.2) is 16.9 Å². The molecule has 0 fully saturated rings. The van der Waals surface area contributed by atoms with Gasteiger partial charge >= 0.3 is 5.69 Å². The van der Waals surface area contributed by atoms with E-state index in [0.717, 1.165) is 6.42 Å². The van der Waals surface area contributed by atoms with E-state index in [2.05, 4.69) is 40.1 Å². The molecule has 1 heterocycles. The van der Waals surface area contributed by atoms with Crippen LogP contribution in [0.1, 0.15) is 26.7 Å². The maximum absolute atomic E-state index is 10.9. The molecule has 0 aliphatic carbocycles. The number of halogens is 1. The van der Waals surface area contributed by atoms with Gasteiger partial charge in [-0.3, -0.25) is 15.1 Å². The summed E-state index contributed by atoms with van der Waals surface area (Å²) in [5, 5.41) is 22.9. The van der Waals surface area contributed by atoms with Gasteiger partial charge in [0, 0.05) is 19.3 Å². The van der Waals surface area contributed by atoms with Crippen molar-refractivity contribution in [2.24, 2.45) is 5.41 Å². The van der Waals surface area contributed by atoms with E-state index < -0.39 is 4.92 Å². The Bertz CT molecular complexity index is 452. The molecule has 0 aromatic carbocycles. The van der Waals surface area contributed by atoms with Crippen LogP contribution in [-0.2, 0) is 0 Å². The lowest BCUT2D eigenvalue weighted by atomic mass is 9.88. The first-order chi connectivity index (χ1) is 8.87. The van der Waals surface area contributed by atoms with Gasteiger partial charge in [-0.1, -0.05) is 13.8 Å². The normalized spacial score (nSPS) is 11.4. The molecular formula is C12H18BrN3O3. The molecule has 0 bridgehead atoms. The highest BCUT2D eigenvalue weighted by Gasteiger charge is 2.22. The number of nitrogens with one attached hydrogen (secondary N) is 1. The Hall–Kier alpha value is -1.21. The zero-order chi connectivity index (χ0) is 14.5. The number of rotatable bonds is 7. The lowest BCUT2D eigenvalue weighted by molar-refractivity contribution is -0.384. The summed E-state index contributed by atoms with van der Waals surface area (Å²) in [7, 11) is 0. The van der Waals surface area contributed by atoms with E-state index in [-0.39, 0.29) is 17.7 Å². The molecule has 7 heteroatoms. The highest BCUT2D eigenvalue weighted by molar-refractivity contribution is 9.10. The van der Waals surface area contributed by atoms with Crippen molar-refractivity contribution in [3.8, 4) is 0 Å². The van der Waals surface area contributed by atoms with Crippen molar-refractivity contribution in [1.82, 2.24) is 4.98 Å². The fraction of sp³-hybridized carbons (Fsp3) is 0.583. The summed E-state index contributed by atoms with van der Waals surface area (Å²) in [6.45, 7) is 4.84. The van der Waals surface area contributed by atoms with Gasteiger partial charge < -0.3 is 10.4 Å². The summed E-state index contributed by atoms with van der Waals surface area (Å²) in [6.07, 6.45) is 4.31. The van der Waals surface area contributed by atoms with Gasteiger partial charge in [-0.05, 0) is 34.2 Å². The second-order valence-electron chi connectivity index (χ2n) is 5.12. The van der Waals surface area contributed by atoms with Crippen LogP contribution in [0.5, 0.6) is 0 Å². The van der Waals surface area contributed by atoms with Crippen molar-refractivity contribution in [3.05, 3.63) is 27.0 Å². The van der Waals surface area contributed by atoms with E-state index in [1.54, 1.807) is 0 Å². The Morgan fingerprint density at radius 1 is 1.53 bits per heavy atom. The van der Waals surface area contributed by atoms with Gasteiger partial charge in [0.05, 0.1) is 9.40 Å². The zero-order valence-electron chi connectivity index (χ0n) is 11.0. The lowest BCUT2D eigenvalue weighted by Crippen LogP contribution is -2.24. The minimum absolute atomic E-state index is 0.0488. The third-order valence-corrected chi connectivity index (χ3v) is 3.43.